The Morgan fingerprint density at radius 1 is 0.640 bits per heavy atom. The summed E-state index contributed by atoms with van der Waals surface area (Å²) in [5, 5.41) is 6.25. The molecule has 1 aromatic heterocycles. The Morgan fingerprint density at radius 3 is 2.28 bits per heavy atom. The molecule has 0 bridgehead atoms. The second kappa shape index (κ2) is 5.42. The van der Waals surface area contributed by atoms with Crippen molar-refractivity contribution in [2.24, 2.45) is 0 Å². The molecule has 25 heavy (non-hydrogen) atoms. The first kappa shape index (κ1) is 14.2. The highest BCUT2D eigenvalue weighted by Gasteiger charge is 2.13. The van der Waals surface area contributed by atoms with E-state index in [9.17, 15) is 0 Å². The lowest BCUT2D eigenvalue weighted by molar-refractivity contribution is 1.43. The molecule has 0 aliphatic rings. The van der Waals surface area contributed by atoms with Crippen LogP contribution in [0.3, 0.4) is 0 Å². The Kier molecular flexibility index (Phi) is 3.07. The number of nitrogens with zero attached hydrogens (tertiary/aromatic N) is 1. The van der Waals surface area contributed by atoms with Crippen LogP contribution in [0.15, 0.2) is 84.9 Å². The molecular formula is C24H17N. The maximum atomic E-state index is 5.05. The molecule has 0 aliphatic carbocycles. The molecule has 0 unspecified atom stereocenters. The third kappa shape index (κ3) is 2.20. The number of pyridine rings is 1. The number of rotatable bonds is 1. The smallest absolute Gasteiger partial charge is 0.0794 e. The van der Waals surface area contributed by atoms with Gasteiger partial charge in [0, 0.05) is 16.3 Å². The van der Waals surface area contributed by atoms with E-state index >= 15 is 0 Å². The largest absolute Gasteiger partial charge is 0.247 e. The first-order chi connectivity index (χ1) is 12.3. The van der Waals surface area contributed by atoms with E-state index < -0.39 is 0 Å². The second-order valence-electron chi connectivity index (χ2n) is 6.56. The van der Waals surface area contributed by atoms with Gasteiger partial charge >= 0.3 is 0 Å². The van der Waals surface area contributed by atoms with Gasteiger partial charge in [-0.15, -0.1) is 0 Å². The van der Waals surface area contributed by atoms with E-state index in [0.717, 1.165) is 16.8 Å². The quantitative estimate of drug-likeness (QED) is 0.321. The van der Waals surface area contributed by atoms with Gasteiger partial charge in [-0.1, -0.05) is 84.4 Å². The monoisotopic (exact) mass is 319 g/mol. The average molecular weight is 319 g/mol. The molecule has 118 valence electrons. The zero-order chi connectivity index (χ0) is 16.8. The third-order valence-electron chi connectivity index (χ3n) is 4.89. The summed E-state index contributed by atoms with van der Waals surface area (Å²) < 4.78 is 0. The van der Waals surface area contributed by atoms with Gasteiger partial charge in [0.15, 0.2) is 0 Å². The van der Waals surface area contributed by atoms with Crippen molar-refractivity contribution in [2.45, 2.75) is 6.92 Å². The molecule has 1 heterocycles. The highest BCUT2D eigenvalue weighted by atomic mass is 14.7. The fourth-order valence-electron chi connectivity index (χ4n) is 3.69. The molecule has 4 aromatic carbocycles. The summed E-state index contributed by atoms with van der Waals surface area (Å²) in [5.41, 5.74) is 4.53. The van der Waals surface area contributed by atoms with Crippen molar-refractivity contribution in [1.82, 2.24) is 4.98 Å². The summed E-state index contributed by atoms with van der Waals surface area (Å²) in [5.74, 6) is 0. The molecule has 5 aromatic rings. The Morgan fingerprint density at radius 2 is 1.40 bits per heavy atom. The summed E-state index contributed by atoms with van der Waals surface area (Å²) in [6, 6.07) is 30.0. The summed E-state index contributed by atoms with van der Waals surface area (Å²) in [6.45, 7) is 2.15. The van der Waals surface area contributed by atoms with Crippen LogP contribution in [0.1, 0.15) is 5.56 Å². The van der Waals surface area contributed by atoms with Crippen LogP contribution in [0, 0.1) is 6.92 Å². The average Bonchev–Trinajstić information content (AvgIpc) is 2.67. The standard InChI is InChI=1S/C24H17N/c1-16-11-12-17-13-14-20-19-9-5-6-10-22(19)25-24(23(20)21(17)15-16)18-7-3-2-4-8-18/h2-15H,1H3. The number of hydrogen-bond acceptors (Lipinski definition) is 1. The first-order valence-electron chi connectivity index (χ1n) is 8.58. The number of para-hydroxylation sites is 1. The first-order valence-corrected chi connectivity index (χ1v) is 8.58. The van der Waals surface area contributed by atoms with E-state index in [0.29, 0.717) is 0 Å². The highest BCUT2D eigenvalue weighted by molar-refractivity contribution is 6.21. The zero-order valence-corrected chi connectivity index (χ0v) is 14.0. The van der Waals surface area contributed by atoms with E-state index in [2.05, 4.69) is 91.9 Å². The van der Waals surface area contributed by atoms with Gasteiger partial charge in [-0.05, 0) is 29.1 Å². The van der Waals surface area contributed by atoms with Crippen molar-refractivity contribution in [2.75, 3.05) is 0 Å². The van der Waals surface area contributed by atoms with Gasteiger partial charge in [-0.25, -0.2) is 4.98 Å². The molecule has 0 radical (unpaired) electrons. The van der Waals surface area contributed by atoms with Crippen molar-refractivity contribution >= 4 is 32.4 Å². The molecule has 0 fully saturated rings. The van der Waals surface area contributed by atoms with Crippen LogP contribution >= 0.6 is 0 Å². The number of aryl methyl sites for hydroxylation is 1. The Balaban J connectivity index is 2.07. The van der Waals surface area contributed by atoms with E-state index in [-0.39, 0.29) is 0 Å². The van der Waals surface area contributed by atoms with Crippen molar-refractivity contribution in [1.29, 1.82) is 0 Å². The van der Waals surface area contributed by atoms with Crippen molar-refractivity contribution < 1.29 is 0 Å². The normalized spacial score (nSPS) is 11.4. The van der Waals surface area contributed by atoms with Crippen molar-refractivity contribution in [3.05, 3.63) is 90.5 Å². The second-order valence-corrected chi connectivity index (χ2v) is 6.56. The minimum absolute atomic E-state index is 1.04. The number of benzene rings is 4. The molecule has 0 spiro atoms. The lowest BCUT2D eigenvalue weighted by Crippen LogP contribution is -1.91. The highest BCUT2D eigenvalue weighted by Crippen LogP contribution is 2.37. The molecule has 5 rings (SSSR count). The maximum absolute atomic E-state index is 5.05. The Bertz CT molecular complexity index is 1240. The number of hydrogen-bond donors (Lipinski definition) is 0. The molecule has 0 saturated carbocycles. The van der Waals surface area contributed by atoms with Crippen LogP contribution in [-0.4, -0.2) is 4.98 Å². The maximum Gasteiger partial charge on any atom is 0.0794 e. The van der Waals surface area contributed by atoms with Gasteiger partial charge in [0.1, 0.15) is 0 Å². The van der Waals surface area contributed by atoms with E-state index in [1.165, 1.54) is 32.5 Å². The van der Waals surface area contributed by atoms with Gasteiger partial charge in [-0.3, -0.25) is 0 Å². The van der Waals surface area contributed by atoms with Gasteiger partial charge < -0.3 is 0 Å². The van der Waals surface area contributed by atoms with Crippen LogP contribution in [-0.2, 0) is 0 Å². The number of aromatic nitrogens is 1. The number of fused-ring (bicyclic) bond motifs is 5. The molecule has 0 N–H and O–H groups in total. The predicted molar refractivity (Wildman–Crippen MR) is 107 cm³/mol. The summed E-state index contributed by atoms with van der Waals surface area (Å²) >= 11 is 0. The molecule has 1 heteroatoms. The molecule has 1 nitrogen and oxygen atoms in total. The van der Waals surface area contributed by atoms with Gasteiger partial charge in [-0.2, -0.15) is 0 Å². The van der Waals surface area contributed by atoms with E-state index in [1.807, 2.05) is 0 Å². The van der Waals surface area contributed by atoms with Crippen LogP contribution in [0.25, 0.3) is 43.7 Å². The third-order valence-corrected chi connectivity index (χ3v) is 4.89. The minimum Gasteiger partial charge on any atom is -0.247 e. The zero-order valence-electron chi connectivity index (χ0n) is 14.0. The predicted octanol–water partition coefficient (Wildman–Crippen LogP) is 6.52. The van der Waals surface area contributed by atoms with Crippen molar-refractivity contribution in [3.8, 4) is 11.3 Å². The molecule has 0 saturated heterocycles. The van der Waals surface area contributed by atoms with Crippen LogP contribution in [0.5, 0.6) is 0 Å². The van der Waals surface area contributed by atoms with E-state index in [1.54, 1.807) is 0 Å². The van der Waals surface area contributed by atoms with Crippen LogP contribution in [0.4, 0.5) is 0 Å². The van der Waals surface area contributed by atoms with Crippen LogP contribution < -0.4 is 0 Å². The molecule has 0 aliphatic heterocycles. The van der Waals surface area contributed by atoms with Gasteiger partial charge in [0.05, 0.1) is 11.2 Å². The lowest BCUT2D eigenvalue weighted by atomic mass is 9.94. The fraction of sp³-hybridized carbons (Fsp3) is 0.0417. The lowest BCUT2D eigenvalue weighted by Gasteiger charge is -2.13. The summed E-state index contributed by atoms with van der Waals surface area (Å²) in [7, 11) is 0. The van der Waals surface area contributed by atoms with E-state index in [4.69, 9.17) is 4.98 Å². The molecule has 0 amide bonds. The van der Waals surface area contributed by atoms with Crippen LogP contribution in [0.2, 0.25) is 0 Å². The molecular weight excluding hydrogens is 302 g/mol. The van der Waals surface area contributed by atoms with Crippen molar-refractivity contribution in [3.63, 3.8) is 0 Å². The fourth-order valence-corrected chi connectivity index (χ4v) is 3.69. The SMILES string of the molecule is Cc1ccc2ccc3c4ccccc4nc(-c4ccccc4)c3c2c1. The summed E-state index contributed by atoms with van der Waals surface area (Å²) in [6.07, 6.45) is 0. The molecule has 0 atom stereocenters. The minimum atomic E-state index is 1.04. The summed E-state index contributed by atoms with van der Waals surface area (Å²) in [4.78, 5) is 5.05. The van der Waals surface area contributed by atoms with Gasteiger partial charge in [0.25, 0.3) is 0 Å². The van der Waals surface area contributed by atoms with Gasteiger partial charge in [0.2, 0.25) is 0 Å². The Hall–Kier alpha value is -3.19. The Labute approximate surface area is 146 Å². The topological polar surface area (TPSA) is 12.9 Å².